The van der Waals surface area contributed by atoms with E-state index in [1.807, 2.05) is 0 Å². The molecule has 0 radical (unpaired) electrons. The number of carbonyl (C=O) groups excluding carboxylic acids is 1. The Hall–Kier alpha value is -2.32. The van der Waals surface area contributed by atoms with Crippen LogP contribution in [0.3, 0.4) is 0 Å². The maximum Gasteiger partial charge on any atom is 0.435 e. The van der Waals surface area contributed by atoms with Gasteiger partial charge < -0.3 is 15.3 Å². The van der Waals surface area contributed by atoms with Gasteiger partial charge in [-0.1, -0.05) is 0 Å². The van der Waals surface area contributed by atoms with Crippen molar-refractivity contribution in [2.75, 3.05) is 18.9 Å². The molecule has 0 atom stereocenters. The van der Waals surface area contributed by atoms with Crippen LogP contribution in [0.25, 0.3) is 0 Å². The second-order valence-electron chi connectivity index (χ2n) is 3.89. The van der Waals surface area contributed by atoms with E-state index in [4.69, 9.17) is 5.11 Å². The number of carboxylic acids is 1. The number of pyridine rings is 1. The van der Waals surface area contributed by atoms with Crippen LogP contribution in [0, 0.1) is 0 Å². The van der Waals surface area contributed by atoms with E-state index >= 15 is 0 Å². The van der Waals surface area contributed by atoms with Gasteiger partial charge in [0.15, 0.2) is 5.69 Å². The van der Waals surface area contributed by atoms with E-state index in [1.54, 1.807) is 0 Å². The standard InChI is InChI=1S/C11H12F3N3O3/c1-17(6-4-8(18)19)10(20)16-7-3-2-5-15-9(7)11(12,13)14/h2-3,5H,4,6H2,1H3,(H,16,20)(H,18,19). The number of nitrogens with zero attached hydrogens (tertiary/aromatic N) is 2. The molecule has 1 aromatic rings. The summed E-state index contributed by atoms with van der Waals surface area (Å²) < 4.78 is 37.9. The second-order valence-corrected chi connectivity index (χ2v) is 3.89. The fraction of sp³-hybridized carbons (Fsp3) is 0.364. The number of hydrogen-bond donors (Lipinski definition) is 2. The fourth-order valence-corrected chi connectivity index (χ4v) is 1.31. The molecule has 0 spiro atoms. The van der Waals surface area contributed by atoms with Gasteiger partial charge >= 0.3 is 18.2 Å². The van der Waals surface area contributed by atoms with Gasteiger partial charge in [-0.2, -0.15) is 13.2 Å². The van der Waals surface area contributed by atoms with Crippen molar-refractivity contribution in [1.82, 2.24) is 9.88 Å². The van der Waals surface area contributed by atoms with Crippen molar-refractivity contribution in [2.45, 2.75) is 12.6 Å². The predicted molar refractivity (Wildman–Crippen MR) is 63.1 cm³/mol. The largest absolute Gasteiger partial charge is 0.481 e. The first kappa shape index (κ1) is 15.7. The van der Waals surface area contributed by atoms with Gasteiger partial charge in [0.05, 0.1) is 12.1 Å². The Kier molecular flexibility index (Phi) is 4.89. The van der Waals surface area contributed by atoms with Crippen molar-refractivity contribution >= 4 is 17.7 Å². The quantitative estimate of drug-likeness (QED) is 0.889. The third-order valence-electron chi connectivity index (χ3n) is 2.33. The third kappa shape index (κ3) is 4.41. The van der Waals surface area contributed by atoms with Crippen LogP contribution in [0.4, 0.5) is 23.7 Å². The summed E-state index contributed by atoms with van der Waals surface area (Å²) in [6, 6.07) is 1.48. The number of hydrogen-bond acceptors (Lipinski definition) is 3. The molecule has 1 heterocycles. The topological polar surface area (TPSA) is 82.5 Å². The number of alkyl halides is 3. The van der Waals surface area contributed by atoms with Crippen molar-refractivity contribution in [1.29, 1.82) is 0 Å². The maximum atomic E-state index is 12.6. The van der Waals surface area contributed by atoms with Crippen molar-refractivity contribution in [3.8, 4) is 0 Å². The number of amides is 2. The Morgan fingerprint density at radius 2 is 2.10 bits per heavy atom. The molecular formula is C11H12F3N3O3. The van der Waals surface area contributed by atoms with E-state index in [9.17, 15) is 22.8 Å². The molecule has 1 rings (SSSR count). The van der Waals surface area contributed by atoms with Crippen LogP contribution < -0.4 is 5.32 Å². The molecule has 0 aliphatic carbocycles. The first-order chi connectivity index (χ1) is 9.21. The lowest BCUT2D eigenvalue weighted by Gasteiger charge is -2.18. The lowest BCUT2D eigenvalue weighted by Crippen LogP contribution is -2.33. The van der Waals surface area contributed by atoms with Gasteiger partial charge in [0.2, 0.25) is 0 Å². The molecule has 2 amide bonds. The summed E-state index contributed by atoms with van der Waals surface area (Å²) in [6.07, 6.45) is -4.03. The number of urea groups is 1. The van der Waals surface area contributed by atoms with E-state index in [1.165, 1.54) is 13.1 Å². The number of rotatable bonds is 4. The van der Waals surface area contributed by atoms with Crippen molar-refractivity contribution in [3.05, 3.63) is 24.0 Å². The number of aliphatic carboxylic acids is 1. The summed E-state index contributed by atoms with van der Waals surface area (Å²) >= 11 is 0. The highest BCUT2D eigenvalue weighted by Gasteiger charge is 2.35. The predicted octanol–water partition coefficient (Wildman–Crippen LogP) is 2.04. The maximum absolute atomic E-state index is 12.6. The number of carbonyl (C=O) groups is 2. The molecule has 0 saturated carbocycles. The molecule has 0 saturated heterocycles. The first-order valence-electron chi connectivity index (χ1n) is 5.48. The zero-order valence-electron chi connectivity index (χ0n) is 10.4. The van der Waals surface area contributed by atoms with Crippen LogP contribution in [0.5, 0.6) is 0 Å². The third-order valence-corrected chi connectivity index (χ3v) is 2.33. The Morgan fingerprint density at radius 3 is 2.65 bits per heavy atom. The van der Waals surface area contributed by atoms with Gasteiger partial charge in [-0.25, -0.2) is 9.78 Å². The molecule has 0 aliphatic rings. The second kappa shape index (κ2) is 6.22. The molecule has 0 unspecified atom stereocenters. The van der Waals surface area contributed by atoms with Gasteiger partial charge in [0.25, 0.3) is 0 Å². The zero-order chi connectivity index (χ0) is 15.3. The Morgan fingerprint density at radius 1 is 1.45 bits per heavy atom. The highest BCUT2D eigenvalue weighted by Crippen LogP contribution is 2.32. The van der Waals surface area contributed by atoms with Gasteiger partial charge in [-0.05, 0) is 12.1 Å². The van der Waals surface area contributed by atoms with E-state index in [0.29, 0.717) is 0 Å². The van der Waals surface area contributed by atoms with Gasteiger partial charge in [0.1, 0.15) is 0 Å². The molecule has 0 aliphatic heterocycles. The van der Waals surface area contributed by atoms with E-state index in [2.05, 4.69) is 10.3 Å². The summed E-state index contributed by atoms with van der Waals surface area (Å²) in [5.41, 5.74) is -1.69. The summed E-state index contributed by atoms with van der Waals surface area (Å²) in [5, 5.41) is 10.5. The lowest BCUT2D eigenvalue weighted by molar-refractivity contribution is -0.140. The minimum absolute atomic E-state index is 0.122. The smallest absolute Gasteiger partial charge is 0.435 e. The molecule has 9 heteroatoms. The molecule has 2 N–H and O–H groups in total. The fourth-order valence-electron chi connectivity index (χ4n) is 1.31. The Bertz CT molecular complexity index is 505. The highest BCUT2D eigenvalue weighted by atomic mass is 19.4. The van der Waals surface area contributed by atoms with E-state index < -0.39 is 29.6 Å². The number of halogens is 3. The summed E-state index contributed by atoms with van der Waals surface area (Å²) in [4.78, 5) is 26.1. The molecule has 0 aromatic carbocycles. The van der Waals surface area contributed by atoms with E-state index in [0.717, 1.165) is 17.2 Å². The average molecular weight is 291 g/mol. The molecule has 110 valence electrons. The monoisotopic (exact) mass is 291 g/mol. The van der Waals surface area contributed by atoms with Crippen LogP contribution in [-0.4, -0.2) is 40.6 Å². The van der Waals surface area contributed by atoms with Gasteiger partial charge in [-0.15, -0.1) is 0 Å². The molecule has 1 aromatic heterocycles. The van der Waals surface area contributed by atoms with Crippen LogP contribution in [0.2, 0.25) is 0 Å². The summed E-state index contributed by atoms with van der Waals surface area (Å²) in [6.45, 7) is -0.122. The highest BCUT2D eigenvalue weighted by molar-refractivity contribution is 5.90. The zero-order valence-corrected chi connectivity index (χ0v) is 10.4. The molecular weight excluding hydrogens is 279 g/mol. The van der Waals surface area contributed by atoms with Crippen LogP contribution in [0.15, 0.2) is 18.3 Å². The molecule has 0 fully saturated rings. The van der Waals surface area contributed by atoms with Crippen LogP contribution >= 0.6 is 0 Å². The van der Waals surface area contributed by atoms with Gasteiger partial charge in [0, 0.05) is 19.8 Å². The first-order valence-corrected chi connectivity index (χ1v) is 5.48. The van der Waals surface area contributed by atoms with E-state index in [-0.39, 0.29) is 13.0 Å². The average Bonchev–Trinajstić information content (AvgIpc) is 2.35. The number of carboxylic acid groups (broad SMARTS) is 1. The molecule has 0 bridgehead atoms. The van der Waals surface area contributed by atoms with Crippen molar-refractivity contribution in [2.24, 2.45) is 0 Å². The summed E-state index contributed by atoms with van der Waals surface area (Å²) in [5.74, 6) is -1.11. The molecule has 6 nitrogen and oxygen atoms in total. The minimum Gasteiger partial charge on any atom is -0.481 e. The Balaban J connectivity index is 2.78. The number of anilines is 1. The van der Waals surface area contributed by atoms with Gasteiger partial charge in [-0.3, -0.25) is 4.79 Å². The SMILES string of the molecule is CN(CCC(=O)O)C(=O)Nc1cccnc1C(F)(F)F. The normalized spacial score (nSPS) is 11.0. The van der Waals surface area contributed by atoms with Crippen LogP contribution in [0.1, 0.15) is 12.1 Å². The minimum atomic E-state index is -4.69. The van der Waals surface area contributed by atoms with Crippen molar-refractivity contribution in [3.63, 3.8) is 0 Å². The number of aromatic nitrogens is 1. The van der Waals surface area contributed by atoms with Crippen LogP contribution in [-0.2, 0) is 11.0 Å². The Labute approximate surface area is 112 Å². The summed E-state index contributed by atoms with van der Waals surface area (Å²) in [7, 11) is 1.28. The van der Waals surface area contributed by atoms with Crippen molar-refractivity contribution < 1.29 is 27.9 Å². The number of nitrogens with one attached hydrogen (secondary N) is 1. The lowest BCUT2D eigenvalue weighted by atomic mass is 10.3. The molecule has 20 heavy (non-hydrogen) atoms.